The molecule has 0 aliphatic heterocycles. The van der Waals surface area contributed by atoms with Gasteiger partial charge in [0.1, 0.15) is 11.6 Å². The van der Waals surface area contributed by atoms with E-state index >= 15 is 0 Å². The van der Waals surface area contributed by atoms with Gasteiger partial charge in [0.25, 0.3) is 0 Å². The second kappa shape index (κ2) is 7.61. The van der Waals surface area contributed by atoms with Crippen molar-refractivity contribution in [3.63, 3.8) is 0 Å². The van der Waals surface area contributed by atoms with E-state index in [-0.39, 0.29) is 17.9 Å². The van der Waals surface area contributed by atoms with Crippen LogP contribution in [0.2, 0.25) is 0 Å². The summed E-state index contributed by atoms with van der Waals surface area (Å²) in [4.78, 5) is 12.5. The molecule has 3 aromatic rings. The monoisotopic (exact) mass is 370 g/mol. The Bertz CT molecular complexity index is 961. The Morgan fingerprint density at radius 3 is 2.70 bits per heavy atom. The maximum absolute atomic E-state index is 13.4. The summed E-state index contributed by atoms with van der Waals surface area (Å²) in [6.45, 7) is 6.08. The lowest BCUT2D eigenvalue weighted by molar-refractivity contribution is 0.249. The van der Waals surface area contributed by atoms with Gasteiger partial charge < -0.3 is 5.32 Å². The second-order valence-electron chi connectivity index (χ2n) is 6.59. The minimum Gasteiger partial charge on any atom is -0.331 e. The van der Waals surface area contributed by atoms with Crippen molar-refractivity contribution in [2.24, 2.45) is 7.05 Å². The second-order valence-corrected chi connectivity index (χ2v) is 6.59. The highest BCUT2D eigenvalue weighted by molar-refractivity contribution is 5.89. The lowest BCUT2D eigenvalue weighted by Gasteiger charge is -2.16. The van der Waals surface area contributed by atoms with Gasteiger partial charge >= 0.3 is 6.03 Å². The number of aromatic nitrogens is 4. The number of nitrogens with zero attached hydrogens (tertiary/aromatic N) is 4. The molecule has 2 amide bonds. The lowest BCUT2D eigenvalue weighted by atomic mass is 10.1. The molecule has 7 nitrogen and oxygen atoms in total. The van der Waals surface area contributed by atoms with E-state index in [0.29, 0.717) is 12.4 Å². The zero-order chi connectivity index (χ0) is 19.6. The Hall–Kier alpha value is -3.16. The molecule has 2 aromatic heterocycles. The largest absolute Gasteiger partial charge is 0.331 e. The standard InChI is InChI=1S/C19H23FN6O/c1-12-9-22-26(11-15-6-5-7-16(20)8-15)18(12)24-19(27)23-13(2)17-10-21-25(4)14(17)3/h5-10,13H,11H2,1-4H3,(H2,23,24,27). The first-order valence-electron chi connectivity index (χ1n) is 8.68. The third kappa shape index (κ3) is 4.16. The van der Waals surface area contributed by atoms with Gasteiger partial charge in [-0.2, -0.15) is 10.2 Å². The molecule has 0 fully saturated rings. The van der Waals surface area contributed by atoms with Crippen LogP contribution in [0.1, 0.15) is 35.3 Å². The van der Waals surface area contributed by atoms with Gasteiger partial charge in [-0.25, -0.2) is 13.9 Å². The van der Waals surface area contributed by atoms with Crippen molar-refractivity contribution in [3.05, 3.63) is 64.9 Å². The number of anilines is 1. The molecule has 1 atom stereocenters. The average molecular weight is 370 g/mol. The molecule has 0 bridgehead atoms. The number of halogens is 1. The number of urea groups is 1. The molecule has 1 unspecified atom stereocenters. The van der Waals surface area contributed by atoms with E-state index in [0.717, 1.165) is 22.4 Å². The van der Waals surface area contributed by atoms with Gasteiger partial charge in [-0.05, 0) is 38.5 Å². The minimum atomic E-state index is -0.338. The molecule has 1 aromatic carbocycles. The SMILES string of the molecule is Cc1cnn(Cc2cccc(F)c2)c1NC(=O)NC(C)c1cnn(C)c1C. The molecule has 2 N–H and O–H groups in total. The van der Waals surface area contributed by atoms with Crippen molar-refractivity contribution in [2.45, 2.75) is 33.4 Å². The highest BCUT2D eigenvalue weighted by Gasteiger charge is 2.17. The molecule has 0 spiro atoms. The third-order valence-electron chi connectivity index (χ3n) is 4.56. The van der Waals surface area contributed by atoms with E-state index in [1.54, 1.807) is 27.8 Å². The quantitative estimate of drug-likeness (QED) is 0.723. The summed E-state index contributed by atoms with van der Waals surface area (Å²) in [5.41, 5.74) is 3.54. The van der Waals surface area contributed by atoms with Crippen LogP contribution in [0.5, 0.6) is 0 Å². The summed E-state index contributed by atoms with van der Waals surface area (Å²) >= 11 is 0. The summed E-state index contributed by atoms with van der Waals surface area (Å²) < 4.78 is 16.8. The number of carbonyl (C=O) groups is 1. The molecule has 8 heteroatoms. The summed E-state index contributed by atoms with van der Waals surface area (Å²) in [6, 6.07) is 5.78. The van der Waals surface area contributed by atoms with Gasteiger partial charge in [0, 0.05) is 23.9 Å². The van der Waals surface area contributed by atoms with E-state index in [9.17, 15) is 9.18 Å². The van der Waals surface area contributed by atoms with E-state index in [2.05, 4.69) is 20.8 Å². The van der Waals surface area contributed by atoms with Crippen LogP contribution >= 0.6 is 0 Å². The fourth-order valence-corrected chi connectivity index (χ4v) is 2.93. The highest BCUT2D eigenvalue weighted by Crippen LogP contribution is 2.18. The number of carbonyl (C=O) groups excluding carboxylic acids is 1. The smallest absolute Gasteiger partial charge is 0.320 e. The van der Waals surface area contributed by atoms with Crippen LogP contribution in [0.4, 0.5) is 15.0 Å². The molecule has 0 aliphatic rings. The van der Waals surface area contributed by atoms with Crippen LogP contribution in [0.15, 0.2) is 36.7 Å². The van der Waals surface area contributed by atoms with Gasteiger partial charge in [0.15, 0.2) is 0 Å². The van der Waals surface area contributed by atoms with Crippen LogP contribution in [-0.2, 0) is 13.6 Å². The van der Waals surface area contributed by atoms with Crippen molar-refractivity contribution < 1.29 is 9.18 Å². The first-order chi connectivity index (χ1) is 12.8. The average Bonchev–Trinajstić information content (AvgIpc) is 3.12. The maximum atomic E-state index is 13.4. The van der Waals surface area contributed by atoms with Crippen LogP contribution in [0, 0.1) is 19.7 Å². The van der Waals surface area contributed by atoms with E-state index in [4.69, 9.17) is 0 Å². The van der Waals surface area contributed by atoms with Crippen molar-refractivity contribution >= 4 is 11.8 Å². The molecule has 0 aliphatic carbocycles. The molecule has 3 rings (SSSR count). The summed E-state index contributed by atoms with van der Waals surface area (Å²) in [6.07, 6.45) is 3.42. The van der Waals surface area contributed by atoms with E-state index in [1.807, 2.05) is 33.9 Å². The zero-order valence-electron chi connectivity index (χ0n) is 15.8. The van der Waals surface area contributed by atoms with Crippen molar-refractivity contribution in [1.82, 2.24) is 24.9 Å². The van der Waals surface area contributed by atoms with Gasteiger partial charge in [-0.3, -0.25) is 10.00 Å². The van der Waals surface area contributed by atoms with Gasteiger partial charge in [0.05, 0.1) is 25.0 Å². The Labute approximate surface area is 157 Å². The van der Waals surface area contributed by atoms with Crippen LogP contribution in [-0.4, -0.2) is 25.6 Å². The van der Waals surface area contributed by atoms with Crippen molar-refractivity contribution in [1.29, 1.82) is 0 Å². The molecule has 0 saturated carbocycles. The number of nitrogens with one attached hydrogen (secondary N) is 2. The zero-order valence-corrected chi connectivity index (χ0v) is 15.8. The van der Waals surface area contributed by atoms with Crippen LogP contribution in [0.25, 0.3) is 0 Å². The number of benzene rings is 1. The van der Waals surface area contributed by atoms with Gasteiger partial charge in [-0.1, -0.05) is 12.1 Å². The first-order valence-corrected chi connectivity index (χ1v) is 8.68. The fraction of sp³-hybridized carbons (Fsp3) is 0.316. The number of hydrogen-bond donors (Lipinski definition) is 2. The Balaban J connectivity index is 1.71. The minimum absolute atomic E-state index is 0.196. The van der Waals surface area contributed by atoms with Gasteiger partial charge in [0.2, 0.25) is 0 Å². The third-order valence-corrected chi connectivity index (χ3v) is 4.56. The lowest BCUT2D eigenvalue weighted by Crippen LogP contribution is -2.32. The number of hydrogen-bond acceptors (Lipinski definition) is 3. The highest BCUT2D eigenvalue weighted by atomic mass is 19.1. The molecule has 0 radical (unpaired) electrons. The van der Waals surface area contributed by atoms with Crippen LogP contribution < -0.4 is 10.6 Å². The molecule has 2 heterocycles. The topological polar surface area (TPSA) is 76.8 Å². The molecule has 0 saturated heterocycles. The van der Waals surface area contributed by atoms with Gasteiger partial charge in [-0.15, -0.1) is 0 Å². The molecular formula is C19H23FN6O. The Morgan fingerprint density at radius 2 is 2.04 bits per heavy atom. The fourth-order valence-electron chi connectivity index (χ4n) is 2.93. The summed E-state index contributed by atoms with van der Waals surface area (Å²) in [7, 11) is 1.86. The first kappa shape index (κ1) is 18.6. The Morgan fingerprint density at radius 1 is 1.26 bits per heavy atom. The number of amides is 2. The number of rotatable bonds is 5. The van der Waals surface area contributed by atoms with Crippen LogP contribution in [0.3, 0.4) is 0 Å². The van der Waals surface area contributed by atoms with E-state index in [1.165, 1.54) is 12.1 Å². The predicted octanol–water partition coefficient (Wildman–Crippen LogP) is 3.30. The van der Waals surface area contributed by atoms with Crippen molar-refractivity contribution in [2.75, 3.05) is 5.32 Å². The van der Waals surface area contributed by atoms with E-state index < -0.39 is 0 Å². The number of aryl methyl sites for hydroxylation is 2. The molecular weight excluding hydrogens is 347 g/mol. The summed E-state index contributed by atoms with van der Waals surface area (Å²) in [5, 5.41) is 14.3. The Kier molecular flexibility index (Phi) is 5.25. The maximum Gasteiger partial charge on any atom is 0.320 e. The molecule has 142 valence electrons. The summed E-state index contributed by atoms with van der Waals surface area (Å²) in [5.74, 6) is 0.274. The normalized spacial score (nSPS) is 12.0. The molecule has 27 heavy (non-hydrogen) atoms. The predicted molar refractivity (Wildman–Crippen MR) is 101 cm³/mol. The van der Waals surface area contributed by atoms with Crippen molar-refractivity contribution in [3.8, 4) is 0 Å².